The lowest BCUT2D eigenvalue weighted by Crippen LogP contribution is -1.99. The molecular weight excluding hydrogens is 148 g/mol. The first-order valence-corrected chi connectivity index (χ1v) is 4.82. The number of allylic oxidation sites excluding steroid dienone is 3. The van der Waals surface area contributed by atoms with Crippen LogP contribution >= 0.6 is 0 Å². The Morgan fingerprint density at radius 1 is 1.17 bits per heavy atom. The van der Waals surface area contributed by atoms with Crippen molar-refractivity contribution in [1.29, 1.82) is 0 Å². The normalized spacial score (nSPS) is 14.6. The van der Waals surface area contributed by atoms with Crippen LogP contribution in [-0.2, 0) is 0 Å². The quantitative estimate of drug-likeness (QED) is 0.604. The van der Waals surface area contributed by atoms with E-state index in [4.69, 9.17) is 0 Å². The zero-order chi connectivity index (χ0) is 9.23. The van der Waals surface area contributed by atoms with E-state index in [1.54, 1.807) is 0 Å². The maximum atomic E-state index is 9.29. The highest BCUT2D eigenvalue weighted by atomic mass is 16.3. The molecular formula is C11H20O. The highest BCUT2D eigenvalue weighted by Crippen LogP contribution is 1.97. The third kappa shape index (κ3) is 7.55. The number of hydrogen-bond acceptors (Lipinski definition) is 1. The van der Waals surface area contributed by atoms with Crippen molar-refractivity contribution < 1.29 is 5.11 Å². The van der Waals surface area contributed by atoms with Crippen molar-refractivity contribution in [3.05, 3.63) is 24.3 Å². The van der Waals surface area contributed by atoms with Crippen LogP contribution in [0.5, 0.6) is 0 Å². The standard InChI is InChI=1S/C11H20O/c1-3-5-6-7-8-10-11(12)9-4-2/h6-8,10-12H,3-5,9H2,1-2H3/b7-6+,10-8+. The molecule has 1 atom stereocenters. The Hall–Kier alpha value is -0.560. The molecule has 0 amide bonds. The van der Waals surface area contributed by atoms with Crippen LogP contribution < -0.4 is 0 Å². The second-order valence-electron chi connectivity index (χ2n) is 2.96. The molecule has 0 aromatic heterocycles. The molecule has 0 aromatic carbocycles. The van der Waals surface area contributed by atoms with Gasteiger partial charge in [0.1, 0.15) is 0 Å². The smallest absolute Gasteiger partial charge is 0.0723 e. The topological polar surface area (TPSA) is 20.2 Å². The molecule has 0 rings (SSSR count). The van der Waals surface area contributed by atoms with Crippen molar-refractivity contribution in [1.82, 2.24) is 0 Å². The summed E-state index contributed by atoms with van der Waals surface area (Å²) >= 11 is 0. The van der Waals surface area contributed by atoms with Gasteiger partial charge in [-0.1, -0.05) is 51.0 Å². The molecule has 70 valence electrons. The Morgan fingerprint density at radius 3 is 2.50 bits per heavy atom. The van der Waals surface area contributed by atoms with Crippen LogP contribution in [-0.4, -0.2) is 11.2 Å². The number of hydrogen-bond donors (Lipinski definition) is 1. The molecule has 0 aliphatic heterocycles. The predicted octanol–water partition coefficient (Wildman–Crippen LogP) is 3.06. The summed E-state index contributed by atoms with van der Waals surface area (Å²) in [6.45, 7) is 4.23. The predicted molar refractivity (Wildman–Crippen MR) is 54.1 cm³/mol. The summed E-state index contributed by atoms with van der Waals surface area (Å²) < 4.78 is 0. The van der Waals surface area contributed by atoms with Crippen LogP contribution in [0.3, 0.4) is 0 Å². The third-order valence-electron chi connectivity index (χ3n) is 1.62. The van der Waals surface area contributed by atoms with Gasteiger partial charge in [-0.15, -0.1) is 0 Å². The van der Waals surface area contributed by atoms with Crippen LogP contribution in [0.2, 0.25) is 0 Å². The van der Waals surface area contributed by atoms with Gasteiger partial charge in [-0.25, -0.2) is 0 Å². The van der Waals surface area contributed by atoms with E-state index >= 15 is 0 Å². The van der Waals surface area contributed by atoms with E-state index < -0.39 is 0 Å². The van der Waals surface area contributed by atoms with Crippen LogP contribution in [0.25, 0.3) is 0 Å². The maximum Gasteiger partial charge on any atom is 0.0723 e. The van der Waals surface area contributed by atoms with Crippen molar-refractivity contribution in [2.75, 3.05) is 0 Å². The van der Waals surface area contributed by atoms with Gasteiger partial charge < -0.3 is 5.11 Å². The Balaban J connectivity index is 3.46. The van der Waals surface area contributed by atoms with Gasteiger partial charge in [-0.2, -0.15) is 0 Å². The summed E-state index contributed by atoms with van der Waals surface area (Å²) in [5.74, 6) is 0. The minimum atomic E-state index is -0.263. The third-order valence-corrected chi connectivity index (χ3v) is 1.62. The van der Waals surface area contributed by atoms with Crippen LogP contribution in [0.15, 0.2) is 24.3 Å². The van der Waals surface area contributed by atoms with Gasteiger partial charge in [0.25, 0.3) is 0 Å². The SMILES string of the molecule is CCC/C=C/C=C/C(O)CCC. The Kier molecular flexibility index (Phi) is 8.14. The maximum absolute atomic E-state index is 9.29. The highest BCUT2D eigenvalue weighted by molar-refractivity contribution is 5.04. The summed E-state index contributed by atoms with van der Waals surface area (Å²) in [7, 11) is 0. The largest absolute Gasteiger partial charge is 0.389 e. The van der Waals surface area contributed by atoms with Gasteiger partial charge in [-0.3, -0.25) is 0 Å². The number of aliphatic hydroxyl groups excluding tert-OH is 1. The fraction of sp³-hybridized carbons (Fsp3) is 0.636. The number of rotatable bonds is 6. The summed E-state index contributed by atoms with van der Waals surface area (Å²) in [5.41, 5.74) is 0. The van der Waals surface area contributed by atoms with Crippen molar-refractivity contribution in [3.63, 3.8) is 0 Å². The van der Waals surface area contributed by atoms with E-state index in [2.05, 4.69) is 19.9 Å². The molecule has 0 radical (unpaired) electrons. The van der Waals surface area contributed by atoms with E-state index in [0.29, 0.717) is 0 Å². The fourth-order valence-corrected chi connectivity index (χ4v) is 0.926. The lowest BCUT2D eigenvalue weighted by molar-refractivity contribution is 0.211. The zero-order valence-electron chi connectivity index (χ0n) is 8.16. The highest BCUT2D eigenvalue weighted by Gasteiger charge is 1.92. The first-order chi connectivity index (χ1) is 5.81. The molecule has 0 aliphatic rings. The molecule has 1 N–H and O–H groups in total. The molecule has 0 spiro atoms. The molecule has 0 heterocycles. The van der Waals surface area contributed by atoms with Gasteiger partial charge in [-0.05, 0) is 12.8 Å². The summed E-state index contributed by atoms with van der Waals surface area (Å²) in [6.07, 6.45) is 11.8. The minimum absolute atomic E-state index is 0.263. The van der Waals surface area contributed by atoms with Gasteiger partial charge >= 0.3 is 0 Å². The monoisotopic (exact) mass is 168 g/mol. The van der Waals surface area contributed by atoms with Gasteiger partial charge in [0.05, 0.1) is 6.10 Å². The second-order valence-corrected chi connectivity index (χ2v) is 2.96. The first kappa shape index (κ1) is 11.4. The molecule has 0 bridgehead atoms. The molecule has 1 heteroatoms. The average Bonchev–Trinajstić information content (AvgIpc) is 2.05. The van der Waals surface area contributed by atoms with Gasteiger partial charge in [0.15, 0.2) is 0 Å². The molecule has 0 saturated carbocycles. The molecule has 1 unspecified atom stereocenters. The summed E-state index contributed by atoms with van der Waals surface area (Å²) in [6, 6.07) is 0. The molecule has 0 aromatic rings. The molecule has 0 saturated heterocycles. The van der Waals surface area contributed by atoms with E-state index in [0.717, 1.165) is 19.3 Å². The average molecular weight is 168 g/mol. The number of unbranched alkanes of at least 4 members (excludes halogenated alkanes) is 1. The number of aliphatic hydroxyl groups is 1. The van der Waals surface area contributed by atoms with E-state index in [1.165, 1.54) is 6.42 Å². The van der Waals surface area contributed by atoms with Crippen LogP contribution in [0.4, 0.5) is 0 Å². The molecule has 12 heavy (non-hydrogen) atoms. The van der Waals surface area contributed by atoms with Crippen molar-refractivity contribution in [3.8, 4) is 0 Å². The summed E-state index contributed by atoms with van der Waals surface area (Å²) in [4.78, 5) is 0. The van der Waals surface area contributed by atoms with Crippen LogP contribution in [0, 0.1) is 0 Å². The lowest BCUT2D eigenvalue weighted by atomic mass is 10.2. The second kappa shape index (κ2) is 8.54. The zero-order valence-corrected chi connectivity index (χ0v) is 8.16. The Bertz CT molecular complexity index is 136. The van der Waals surface area contributed by atoms with Crippen LogP contribution in [0.1, 0.15) is 39.5 Å². The Morgan fingerprint density at radius 2 is 1.92 bits per heavy atom. The van der Waals surface area contributed by atoms with Gasteiger partial charge in [0, 0.05) is 0 Å². The summed E-state index contributed by atoms with van der Waals surface area (Å²) in [5, 5.41) is 9.29. The first-order valence-electron chi connectivity index (χ1n) is 4.82. The van der Waals surface area contributed by atoms with E-state index in [1.807, 2.05) is 18.2 Å². The van der Waals surface area contributed by atoms with E-state index in [9.17, 15) is 5.11 Å². The Labute approximate surface area is 75.8 Å². The van der Waals surface area contributed by atoms with Crippen molar-refractivity contribution in [2.45, 2.75) is 45.6 Å². The molecule has 0 aliphatic carbocycles. The van der Waals surface area contributed by atoms with Crippen molar-refractivity contribution in [2.24, 2.45) is 0 Å². The molecule has 1 nitrogen and oxygen atoms in total. The van der Waals surface area contributed by atoms with Crippen molar-refractivity contribution >= 4 is 0 Å². The van der Waals surface area contributed by atoms with Gasteiger partial charge in [0.2, 0.25) is 0 Å². The van der Waals surface area contributed by atoms with E-state index in [-0.39, 0.29) is 6.10 Å². The fourth-order valence-electron chi connectivity index (χ4n) is 0.926. The minimum Gasteiger partial charge on any atom is -0.389 e. The lowest BCUT2D eigenvalue weighted by Gasteiger charge is -1.99. The molecule has 0 fully saturated rings.